The zero-order chi connectivity index (χ0) is 14.1. The molecule has 5 heteroatoms. The van der Waals surface area contributed by atoms with Crippen molar-refractivity contribution in [3.8, 4) is 6.07 Å². The van der Waals surface area contributed by atoms with E-state index in [1.54, 1.807) is 23.9 Å². The highest BCUT2D eigenvalue weighted by Gasteiger charge is 2.31. The molecule has 0 radical (unpaired) electrons. The Labute approximate surface area is 131 Å². The Hall–Kier alpha value is -1.34. The van der Waals surface area contributed by atoms with Crippen LogP contribution in [0.15, 0.2) is 47.4 Å². The van der Waals surface area contributed by atoms with E-state index in [9.17, 15) is 5.26 Å². The summed E-state index contributed by atoms with van der Waals surface area (Å²) < 4.78 is 0. The van der Waals surface area contributed by atoms with Crippen molar-refractivity contribution in [2.75, 3.05) is 5.32 Å². The second-order valence-corrected chi connectivity index (χ2v) is 6.48. The van der Waals surface area contributed by atoms with Crippen LogP contribution in [0.3, 0.4) is 0 Å². The molecule has 0 spiro atoms. The molecule has 2 unspecified atom stereocenters. The number of para-hydroxylation sites is 1. The Morgan fingerprint density at radius 1 is 1.15 bits per heavy atom. The van der Waals surface area contributed by atoms with Crippen LogP contribution >= 0.6 is 35.0 Å². The highest BCUT2D eigenvalue weighted by Crippen LogP contribution is 2.44. The summed E-state index contributed by atoms with van der Waals surface area (Å²) in [7, 11) is 0. The van der Waals surface area contributed by atoms with Crippen LogP contribution in [0.25, 0.3) is 0 Å². The summed E-state index contributed by atoms with van der Waals surface area (Å²) in [5.74, 6) is 0. The van der Waals surface area contributed by atoms with Crippen LogP contribution in [0, 0.1) is 11.3 Å². The van der Waals surface area contributed by atoms with Gasteiger partial charge < -0.3 is 5.32 Å². The number of hydrogen-bond donors (Lipinski definition) is 1. The molecule has 20 heavy (non-hydrogen) atoms. The van der Waals surface area contributed by atoms with Gasteiger partial charge in [0, 0.05) is 20.6 Å². The fourth-order valence-electron chi connectivity index (χ4n) is 2.23. The van der Waals surface area contributed by atoms with Crippen molar-refractivity contribution in [3.05, 3.63) is 58.1 Å². The monoisotopic (exact) mass is 320 g/mol. The van der Waals surface area contributed by atoms with Gasteiger partial charge in [0.25, 0.3) is 0 Å². The van der Waals surface area contributed by atoms with Gasteiger partial charge in [-0.05, 0) is 29.8 Å². The zero-order valence-electron chi connectivity index (χ0n) is 10.3. The lowest BCUT2D eigenvalue weighted by Crippen LogP contribution is -2.26. The number of thioether (sulfide) groups is 1. The molecule has 0 aromatic heterocycles. The highest BCUT2D eigenvalue weighted by molar-refractivity contribution is 8.00. The van der Waals surface area contributed by atoms with Crippen LogP contribution in [-0.2, 0) is 0 Å². The number of halogens is 2. The van der Waals surface area contributed by atoms with Crippen LogP contribution < -0.4 is 5.32 Å². The van der Waals surface area contributed by atoms with Gasteiger partial charge in [-0.1, -0.05) is 41.4 Å². The number of nitrogens with one attached hydrogen (secondary N) is 1. The minimum Gasteiger partial charge on any atom is -0.375 e. The van der Waals surface area contributed by atoms with Crippen molar-refractivity contribution >= 4 is 40.7 Å². The van der Waals surface area contributed by atoms with Crippen molar-refractivity contribution in [2.45, 2.75) is 16.2 Å². The standard InChI is InChI=1S/C15H10Cl2N2S/c16-9-5-6-10(11(17)7-9)15-14(8-18)20-13-4-2-1-3-12(13)19-15/h1-7,14-15,19H. The normalized spacial score (nSPS) is 20.6. The van der Waals surface area contributed by atoms with Gasteiger partial charge in [0.05, 0.1) is 12.1 Å². The molecule has 3 rings (SSSR count). The molecular formula is C15H10Cl2N2S. The first-order chi connectivity index (χ1) is 9.69. The third-order valence-corrected chi connectivity index (χ3v) is 4.98. The SMILES string of the molecule is N#CC1Sc2ccccc2NC1c1ccc(Cl)cc1Cl. The summed E-state index contributed by atoms with van der Waals surface area (Å²) in [5.41, 5.74) is 1.92. The van der Waals surface area contributed by atoms with Crippen molar-refractivity contribution in [3.63, 3.8) is 0 Å². The number of hydrogen-bond acceptors (Lipinski definition) is 3. The van der Waals surface area contributed by atoms with Crippen LogP contribution in [0.2, 0.25) is 10.0 Å². The summed E-state index contributed by atoms with van der Waals surface area (Å²) in [6.07, 6.45) is 0. The van der Waals surface area contributed by atoms with E-state index in [1.165, 1.54) is 0 Å². The second-order valence-electron chi connectivity index (χ2n) is 4.45. The minimum absolute atomic E-state index is 0.148. The molecule has 100 valence electrons. The number of nitrogens with zero attached hydrogens (tertiary/aromatic N) is 1. The number of rotatable bonds is 1. The predicted octanol–water partition coefficient (Wildman–Crippen LogP) is 5.14. The Morgan fingerprint density at radius 3 is 2.70 bits per heavy atom. The van der Waals surface area contributed by atoms with Gasteiger partial charge in [0.1, 0.15) is 5.25 Å². The molecule has 0 aliphatic carbocycles. The Bertz CT molecular complexity index is 697. The quantitative estimate of drug-likeness (QED) is 0.789. The molecule has 0 fully saturated rings. The van der Waals surface area contributed by atoms with E-state index in [2.05, 4.69) is 11.4 Å². The van der Waals surface area contributed by atoms with E-state index in [-0.39, 0.29) is 11.3 Å². The van der Waals surface area contributed by atoms with Gasteiger partial charge in [0.2, 0.25) is 0 Å². The first-order valence-corrected chi connectivity index (χ1v) is 7.69. The Kier molecular flexibility index (Phi) is 3.80. The van der Waals surface area contributed by atoms with Crippen molar-refractivity contribution in [1.82, 2.24) is 0 Å². The number of fused-ring (bicyclic) bond motifs is 1. The molecule has 0 amide bonds. The predicted molar refractivity (Wildman–Crippen MR) is 84.5 cm³/mol. The third kappa shape index (κ3) is 2.47. The van der Waals surface area contributed by atoms with Gasteiger partial charge in [-0.2, -0.15) is 5.26 Å². The maximum absolute atomic E-state index is 9.41. The summed E-state index contributed by atoms with van der Waals surface area (Å²) >= 11 is 13.8. The molecule has 1 N–H and O–H groups in total. The lowest BCUT2D eigenvalue weighted by molar-refractivity contribution is 0.805. The highest BCUT2D eigenvalue weighted by atomic mass is 35.5. The van der Waals surface area contributed by atoms with E-state index >= 15 is 0 Å². The number of nitriles is 1. The van der Waals surface area contributed by atoms with E-state index in [1.807, 2.05) is 30.3 Å². The molecule has 1 heterocycles. The largest absolute Gasteiger partial charge is 0.375 e. The average molecular weight is 321 g/mol. The van der Waals surface area contributed by atoms with Gasteiger partial charge in [-0.3, -0.25) is 0 Å². The summed E-state index contributed by atoms with van der Waals surface area (Å²) in [5, 5.41) is 13.8. The maximum Gasteiger partial charge on any atom is 0.121 e. The van der Waals surface area contributed by atoms with Crippen molar-refractivity contribution < 1.29 is 0 Å². The van der Waals surface area contributed by atoms with E-state index < -0.39 is 0 Å². The molecule has 0 saturated heterocycles. The molecule has 2 aromatic rings. The summed E-state index contributed by atoms with van der Waals surface area (Å²) in [6, 6.07) is 15.5. The molecule has 1 aliphatic rings. The lowest BCUT2D eigenvalue weighted by atomic mass is 10.0. The first kappa shape index (κ1) is 13.6. The van der Waals surface area contributed by atoms with Gasteiger partial charge in [-0.25, -0.2) is 0 Å². The van der Waals surface area contributed by atoms with Crippen LogP contribution in [0.4, 0.5) is 5.69 Å². The lowest BCUT2D eigenvalue weighted by Gasteiger charge is -2.31. The van der Waals surface area contributed by atoms with Gasteiger partial charge in [-0.15, -0.1) is 11.8 Å². The molecule has 0 saturated carbocycles. The van der Waals surface area contributed by atoms with Gasteiger partial charge in [0.15, 0.2) is 0 Å². The molecule has 0 bridgehead atoms. The average Bonchev–Trinajstić information content (AvgIpc) is 2.46. The van der Waals surface area contributed by atoms with Crippen LogP contribution in [0.1, 0.15) is 11.6 Å². The summed E-state index contributed by atoms with van der Waals surface area (Å²) in [6.45, 7) is 0. The zero-order valence-corrected chi connectivity index (χ0v) is 12.6. The second kappa shape index (κ2) is 5.57. The smallest absolute Gasteiger partial charge is 0.121 e. The molecule has 1 aliphatic heterocycles. The number of anilines is 1. The summed E-state index contributed by atoms with van der Waals surface area (Å²) in [4.78, 5) is 1.08. The fraction of sp³-hybridized carbons (Fsp3) is 0.133. The molecule has 2 atom stereocenters. The van der Waals surface area contributed by atoms with E-state index in [0.717, 1.165) is 16.1 Å². The van der Waals surface area contributed by atoms with Crippen molar-refractivity contribution in [1.29, 1.82) is 5.26 Å². The third-order valence-electron chi connectivity index (χ3n) is 3.18. The van der Waals surface area contributed by atoms with Crippen LogP contribution in [0.5, 0.6) is 0 Å². The molecule has 2 aromatic carbocycles. The van der Waals surface area contributed by atoms with E-state index in [4.69, 9.17) is 23.2 Å². The topological polar surface area (TPSA) is 35.8 Å². The maximum atomic E-state index is 9.41. The minimum atomic E-state index is -0.233. The van der Waals surface area contributed by atoms with E-state index in [0.29, 0.717) is 10.0 Å². The number of benzene rings is 2. The fourth-order valence-corrected chi connectivity index (χ4v) is 3.85. The Morgan fingerprint density at radius 2 is 1.95 bits per heavy atom. The Balaban J connectivity index is 2.03. The van der Waals surface area contributed by atoms with Crippen LogP contribution in [-0.4, -0.2) is 5.25 Å². The first-order valence-electron chi connectivity index (χ1n) is 6.06. The van der Waals surface area contributed by atoms with Crippen molar-refractivity contribution in [2.24, 2.45) is 0 Å². The molecular weight excluding hydrogens is 311 g/mol. The molecule has 2 nitrogen and oxygen atoms in total. The van der Waals surface area contributed by atoms with Gasteiger partial charge >= 0.3 is 0 Å².